The predicted molar refractivity (Wildman–Crippen MR) is 98.9 cm³/mol. The van der Waals surface area contributed by atoms with Crippen LogP contribution in [-0.2, 0) is 17.7 Å². The van der Waals surface area contributed by atoms with Crippen molar-refractivity contribution in [3.8, 4) is 0 Å². The van der Waals surface area contributed by atoms with Gasteiger partial charge in [-0.15, -0.1) is 0 Å². The molecule has 1 unspecified atom stereocenters. The van der Waals surface area contributed by atoms with Gasteiger partial charge in [-0.2, -0.15) is 0 Å². The van der Waals surface area contributed by atoms with Gasteiger partial charge in [0.1, 0.15) is 0 Å². The summed E-state index contributed by atoms with van der Waals surface area (Å²) >= 11 is -1.22. The molecule has 1 aromatic heterocycles. The van der Waals surface area contributed by atoms with E-state index < -0.39 is 11.2 Å². The molecule has 24 heavy (non-hydrogen) atoms. The van der Waals surface area contributed by atoms with E-state index in [-0.39, 0.29) is 0 Å². The normalized spacial score (nSPS) is 16.8. The average Bonchev–Trinajstić information content (AvgIpc) is 2.61. The van der Waals surface area contributed by atoms with Crippen LogP contribution in [0.4, 0.5) is 5.69 Å². The quantitative estimate of drug-likeness (QED) is 0.904. The lowest BCUT2D eigenvalue weighted by Gasteiger charge is -2.32. The van der Waals surface area contributed by atoms with Crippen molar-refractivity contribution in [3.63, 3.8) is 0 Å². The third-order valence-corrected chi connectivity index (χ3v) is 5.58. The number of anilines is 1. The monoisotopic (exact) mass is 344 g/mol. The van der Waals surface area contributed by atoms with Crippen LogP contribution >= 0.6 is 0 Å². The highest BCUT2D eigenvalue weighted by Gasteiger charge is 2.23. The Kier molecular flexibility index (Phi) is 5.60. The highest BCUT2D eigenvalue weighted by molar-refractivity contribution is 7.84. The van der Waals surface area contributed by atoms with Crippen molar-refractivity contribution in [2.24, 2.45) is 0 Å². The second kappa shape index (κ2) is 7.88. The molecular formula is C18H24N4OS. The summed E-state index contributed by atoms with van der Waals surface area (Å²) in [5, 5.41) is 3.31. The van der Waals surface area contributed by atoms with E-state index >= 15 is 0 Å². The highest BCUT2D eigenvalue weighted by Crippen LogP contribution is 2.22. The molecule has 0 amide bonds. The van der Waals surface area contributed by atoms with Crippen LogP contribution < -0.4 is 9.62 Å². The van der Waals surface area contributed by atoms with Gasteiger partial charge in [0.15, 0.2) is 11.2 Å². The summed E-state index contributed by atoms with van der Waals surface area (Å²) in [4.78, 5) is 4.49. The minimum Gasteiger partial charge on any atom is -0.314 e. The highest BCUT2D eigenvalue weighted by atomic mass is 32.2. The smallest absolute Gasteiger partial charge is 0.199 e. The fourth-order valence-electron chi connectivity index (χ4n) is 2.70. The first-order valence-electron chi connectivity index (χ1n) is 8.27. The molecule has 5 nitrogen and oxygen atoms in total. The van der Waals surface area contributed by atoms with Crippen molar-refractivity contribution in [2.75, 3.05) is 30.5 Å². The first-order chi connectivity index (χ1) is 11.6. The molecule has 0 saturated carbocycles. The number of aromatic nitrogens is 1. The van der Waals surface area contributed by atoms with Crippen LogP contribution in [-0.4, -0.2) is 39.7 Å². The fraction of sp³-hybridized carbons (Fsp3) is 0.389. The SMILES string of the molecule is Cc1ccc(CN(c2cccc(C)c2)S(=O)N2CCNCC2)nc1. The molecule has 1 N–H and O–H groups in total. The van der Waals surface area contributed by atoms with Crippen molar-refractivity contribution in [3.05, 3.63) is 59.4 Å². The standard InChI is InChI=1S/C18H24N4OS/c1-15-4-3-5-18(12-15)22(14-17-7-6-16(2)13-20-17)24(23)21-10-8-19-9-11-21/h3-7,12-13,19H,8-11,14H2,1-2H3. The molecule has 1 aliphatic heterocycles. The van der Waals surface area contributed by atoms with Crippen LogP contribution in [0.3, 0.4) is 0 Å². The number of pyridine rings is 1. The molecule has 1 fully saturated rings. The predicted octanol–water partition coefficient (Wildman–Crippen LogP) is 2.19. The molecule has 2 aromatic rings. The van der Waals surface area contributed by atoms with E-state index in [2.05, 4.69) is 29.4 Å². The third-order valence-electron chi connectivity index (χ3n) is 4.05. The zero-order chi connectivity index (χ0) is 16.9. The Labute approximate surface area is 146 Å². The number of nitrogens with one attached hydrogen (secondary N) is 1. The molecule has 2 heterocycles. The van der Waals surface area contributed by atoms with Crippen LogP contribution in [0.1, 0.15) is 16.8 Å². The van der Waals surface area contributed by atoms with E-state index in [1.54, 1.807) is 0 Å². The van der Waals surface area contributed by atoms with E-state index in [4.69, 9.17) is 0 Å². The average molecular weight is 344 g/mol. The van der Waals surface area contributed by atoms with Crippen LogP contribution in [0, 0.1) is 13.8 Å². The van der Waals surface area contributed by atoms with Gasteiger partial charge >= 0.3 is 0 Å². The van der Waals surface area contributed by atoms with Gasteiger partial charge in [-0.05, 0) is 43.2 Å². The summed E-state index contributed by atoms with van der Waals surface area (Å²) in [6.45, 7) is 7.92. The third kappa shape index (κ3) is 4.20. The molecule has 1 aromatic carbocycles. The van der Waals surface area contributed by atoms with E-state index in [0.717, 1.165) is 48.7 Å². The number of hydrogen-bond donors (Lipinski definition) is 1. The first kappa shape index (κ1) is 17.1. The summed E-state index contributed by atoms with van der Waals surface area (Å²) in [6, 6.07) is 12.2. The van der Waals surface area contributed by atoms with Crippen molar-refractivity contribution < 1.29 is 4.21 Å². The van der Waals surface area contributed by atoms with E-state index in [1.165, 1.54) is 0 Å². The van der Waals surface area contributed by atoms with Crippen molar-refractivity contribution in [1.29, 1.82) is 0 Å². The summed E-state index contributed by atoms with van der Waals surface area (Å²) < 4.78 is 17.2. The Hall–Kier alpha value is -1.76. The van der Waals surface area contributed by atoms with Crippen LogP contribution in [0.25, 0.3) is 0 Å². The molecule has 0 aliphatic carbocycles. The summed E-state index contributed by atoms with van der Waals surface area (Å²) in [7, 11) is 0. The zero-order valence-corrected chi connectivity index (χ0v) is 15.1. The Bertz CT molecular complexity index is 698. The fourth-order valence-corrected chi connectivity index (χ4v) is 4.01. The maximum atomic E-state index is 13.2. The first-order valence-corrected chi connectivity index (χ1v) is 9.33. The van der Waals surface area contributed by atoms with Crippen molar-refractivity contribution in [2.45, 2.75) is 20.4 Å². The number of hydrogen-bond acceptors (Lipinski definition) is 3. The lowest BCUT2D eigenvalue weighted by atomic mass is 10.2. The lowest BCUT2D eigenvalue weighted by molar-refractivity contribution is 0.379. The molecule has 128 valence electrons. The molecule has 0 radical (unpaired) electrons. The maximum absolute atomic E-state index is 13.2. The van der Waals surface area contributed by atoms with Crippen molar-refractivity contribution in [1.82, 2.24) is 14.6 Å². The van der Waals surface area contributed by atoms with E-state index in [9.17, 15) is 4.21 Å². The van der Waals surface area contributed by atoms with Crippen LogP contribution in [0.15, 0.2) is 42.6 Å². The van der Waals surface area contributed by atoms with Gasteiger partial charge in [-0.1, -0.05) is 18.2 Å². The largest absolute Gasteiger partial charge is 0.314 e. The second-order valence-electron chi connectivity index (χ2n) is 6.11. The van der Waals surface area contributed by atoms with E-state index in [1.807, 2.05) is 46.0 Å². The Balaban J connectivity index is 1.87. The van der Waals surface area contributed by atoms with Gasteiger partial charge in [0.25, 0.3) is 0 Å². The summed E-state index contributed by atoms with van der Waals surface area (Å²) in [5.41, 5.74) is 4.18. The van der Waals surface area contributed by atoms with Crippen LogP contribution in [0.2, 0.25) is 0 Å². The Morgan fingerprint density at radius 2 is 1.96 bits per heavy atom. The molecule has 1 atom stereocenters. The molecule has 0 spiro atoms. The van der Waals surface area contributed by atoms with Crippen LogP contribution in [0.5, 0.6) is 0 Å². The summed E-state index contributed by atoms with van der Waals surface area (Å²) in [5.74, 6) is 0. The number of piperazine rings is 1. The molecule has 0 bridgehead atoms. The molecule has 1 aliphatic rings. The van der Waals surface area contributed by atoms with Gasteiger partial charge in [0.2, 0.25) is 0 Å². The minimum atomic E-state index is -1.22. The number of benzene rings is 1. The second-order valence-corrected chi connectivity index (χ2v) is 7.53. The number of rotatable bonds is 5. The molecular weight excluding hydrogens is 320 g/mol. The topological polar surface area (TPSA) is 48.5 Å². The van der Waals surface area contributed by atoms with Crippen molar-refractivity contribution >= 4 is 16.9 Å². The molecule has 6 heteroatoms. The van der Waals surface area contributed by atoms with Gasteiger partial charge in [0, 0.05) is 32.4 Å². The zero-order valence-electron chi connectivity index (χ0n) is 14.2. The van der Waals surface area contributed by atoms with Gasteiger partial charge < -0.3 is 5.32 Å². The molecule has 3 rings (SSSR count). The number of aryl methyl sites for hydroxylation is 2. The number of nitrogens with zero attached hydrogens (tertiary/aromatic N) is 3. The minimum absolute atomic E-state index is 0.528. The summed E-state index contributed by atoms with van der Waals surface area (Å²) in [6.07, 6.45) is 1.86. The lowest BCUT2D eigenvalue weighted by Crippen LogP contribution is -2.48. The molecule has 1 saturated heterocycles. The Morgan fingerprint density at radius 3 is 2.62 bits per heavy atom. The van der Waals surface area contributed by atoms with Gasteiger partial charge in [-0.25, -0.2) is 8.51 Å². The maximum Gasteiger partial charge on any atom is 0.199 e. The van der Waals surface area contributed by atoms with Gasteiger partial charge in [0.05, 0.1) is 17.9 Å². The Morgan fingerprint density at radius 1 is 1.17 bits per heavy atom. The van der Waals surface area contributed by atoms with Gasteiger partial charge in [-0.3, -0.25) is 9.29 Å². The van der Waals surface area contributed by atoms with E-state index in [0.29, 0.717) is 6.54 Å².